The predicted octanol–water partition coefficient (Wildman–Crippen LogP) is 3.74. The van der Waals surface area contributed by atoms with Gasteiger partial charge in [-0.15, -0.1) is 0 Å². The van der Waals surface area contributed by atoms with E-state index in [2.05, 4.69) is 24.0 Å². The zero-order valence-electron chi connectivity index (χ0n) is 12.0. The summed E-state index contributed by atoms with van der Waals surface area (Å²) in [6, 6.07) is 13.5. The third-order valence-electron chi connectivity index (χ3n) is 4.30. The molecule has 0 radical (unpaired) electrons. The van der Waals surface area contributed by atoms with Crippen LogP contribution >= 0.6 is 0 Å². The molecular weight excluding hydrogens is 262 g/mol. The number of fused-ring (bicyclic) bond motifs is 4. The van der Waals surface area contributed by atoms with E-state index in [9.17, 15) is 5.11 Å². The van der Waals surface area contributed by atoms with Crippen LogP contribution in [-0.4, -0.2) is 29.6 Å². The number of hydrogen-bond donors (Lipinski definition) is 1. The summed E-state index contributed by atoms with van der Waals surface area (Å²) in [7, 11) is 0. The van der Waals surface area contributed by atoms with E-state index in [1.54, 1.807) is 6.07 Å². The van der Waals surface area contributed by atoms with Crippen molar-refractivity contribution >= 4 is 11.1 Å². The van der Waals surface area contributed by atoms with Gasteiger partial charge in [-0.1, -0.05) is 25.1 Å². The van der Waals surface area contributed by atoms with Crippen LogP contribution in [0.15, 0.2) is 42.5 Å². The lowest BCUT2D eigenvalue weighted by Gasteiger charge is -2.16. The van der Waals surface area contributed by atoms with Crippen molar-refractivity contribution in [1.29, 1.82) is 0 Å². The summed E-state index contributed by atoms with van der Waals surface area (Å²) in [5.41, 5.74) is 4.76. The van der Waals surface area contributed by atoms with Crippen molar-refractivity contribution in [3.8, 4) is 17.2 Å². The first-order valence-electron chi connectivity index (χ1n) is 7.31. The Morgan fingerprint density at radius 2 is 1.71 bits per heavy atom. The molecule has 2 aliphatic rings. The Morgan fingerprint density at radius 3 is 2.52 bits per heavy atom. The second kappa shape index (κ2) is 4.64. The Kier molecular flexibility index (Phi) is 2.76. The van der Waals surface area contributed by atoms with Crippen molar-refractivity contribution in [2.24, 2.45) is 0 Å². The summed E-state index contributed by atoms with van der Waals surface area (Å²) in [6.07, 6.45) is 0. The van der Waals surface area contributed by atoms with Gasteiger partial charge in [0.15, 0.2) is 0 Å². The molecule has 0 atom stereocenters. The number of ether oxygens (including phenoxy) is 1. The van der Waals surface area contributed by atoms with Gasteiger partial charge >= 0.3 is 0 Å². The maximum Gasteiger partial charge on any atom is 0.135 e. The predicted molar refractivity (Wildman–Crippen MR) is 83.6 cm³/mol. The summed E-state index contributed by atoms with van der Waals surface area (Å²) in [4.78, 5) is 2.40. The SMILES string of the molecule is CCN1CC2=C(C1)c1cc(O)ccc1Oc1ccccc12. The number of hydrogen-bond acceptors (Lipinski definition) is 3. The summed E-state index contributed by atoms with van der Waals surface area (Å²) in [5, 5.41) is 9.85. The highest BCUT2D eigenvalue weighted by Crippen LogP contribution is 2.45. The van der Waals surface area contributed by atoms with E-state index in [0.717, 1.165) is 36.7 Å². The molecule has 3 heteroatoms. The number of benzene rings is 2. The fourth-order valence-corrected chi connectivity index (χ4v) is 3.18. The molecule has 0 unspecified atom stereocenters. The van der Waals surface area contributed by atoms with Crippen LogP contribution < -0.4 is 4.74 Å². The van der Waals surface area contributed by atoms with Gasteiger partial charge in [0, 0.05) is 24.2 Å². The fraction of sp³-hybridized carbons (Fsp3) is 0.222. The number of phenolic OH excluding ortho intramolecular Hbond substituents is 1. The van der Waals surface area contributed by atoms with Crippen molar-refractivity contribution in [3.63, 3.8) is 0 Å². The zero-order chi connectivity index (χ0) is 14.4. The first-order chi connectivity index (χ1) is 10.3. The number of likely N-dealkylation sites (N-methyl/N-ethyl adjacent to an activating group) is 1. The molecule has 0 bridgehead atoms. The molecule has 21 heavy (non-hydrogen) atoms. The van der Waals surface area contributed by atoms with Gasteiger partial charge in [-0.05, 0) is 42.0 Å². The Hall–Kier alpha value is -2.26. The standard InChI is InChI=1S/C18H17NO2/c1-2-19-10-15-13-5-3-4-6-17(13)21-18-8-7-12(20)9-14(18)16(15)11-19/h3-9,20H,2,10-11H2,1H3. The quantitative estimate of drug-likeness (QED) is 0.863. The molecule has 0 saturated carbocycles. The van der Waals surface area contributed by atoms with Gasteiger partial charge in [-0.3, -0.25) is 4.90 Å². The highest BCUT2D eigenvalue weighted by Gasteiger charge is 2.29. The molecule has 0 spiro atoms. The fourth-order valence-electron chi connectivity index (χ4n) is 3.18. The van der Waals surface area contributed by atoms with Crippen LogP contribution in [0.1, 0.15) is 18.1 Å². The lowest BCUT2D eigenvalue weighted by Crippen LogP contribution is -2.20. The lowest BCUT2D eigenvalue weighted by atomic mass is 9.97. The lowest BCUT2D eigenvalue weighted by molar-refractivity contribution is 0.378. The minimum absolute atomic E-state index is 0.283. The second-order valence-corrected chi connectivity index (χ2v) is 5.54. The zero-order valence-corrected chi connectivity index (χ0v) is 12.0. The third kappa shape index (κ3) is 1.93. The van der Waals surface area contributed by atoms with Crippen molar-refractivity contribution < 1.29 is 9.84 Å². The van der Waals surface area contributed by atoms with Crippen LogP contribution in [-0.2, 0) is 0 Å². The average molecular weight is 279 g/mol. The first kappa shape index (κ1) is 12.5. The molecule has 0 saturated heterocycles. The highest BCUT2D eigenvalue weighted by atomic mass is 16.5. The topological polar surface area (TPSA) is 32.7 Å². The van der Waals surface area contributed by atoms with Gasteiger partial charge in [0.25, 0.3) is 0 Å². The molecular formula is C18H17NO2. The van der Waals surface area contributed by atoms with Crippen LogP contribution in [0.3, 0.4) is 0 Å². The van der Waals surface area contributed by atoms with E-state index in [-0.39, 0.29) is 5.75 Å². The molecule has 4 rings (SSSR count). The Morgan fingerprint density at radius 1 is 1.00 bits per heavy atom. The number of aromatic hydroxyl groups is 1. The minimum atomic E-state index is 0.283. The van der Waals surface area contributed by atoms with E-state index in [1.807, 2.05) is 24.3 Å². The van der Waals surface area contributed by atoms with Gasteiger partial charge < -0.3 is 9.84 Å². The first-order valence-corrected chi connectivity index (χ1v) is 7.31. The molecule has 2 aliphatic heterocycles. The molecule has 0 aromatic heterocycles. The van der Waals surface area contributed by atoms with Crippen LogP contribution in [0.25, 0.3) is 11.1 Å². The molecule has 2 aromatic rings. The van der Waals surface area contributed by atoms with E-state index in [1.165, 1.54) is 16.7 Å². The van der Waals surface area contributed by atoms with Gasteiger partial charge in [0.1, 0.15) is 17.2 Å². The molecule has 2 heterocycles. The molecule has 106 valence electrons. The van der Waals surface area contributed by atoms with E-state index in [0.29, 0.717) is 0 Å². The molecule has 1 N–H and O–H groups in total. The van der Waals surface area contributed by atoms with Gasteiger partial charge in [-0.2, -0.15) is 0 Å². The summed E-state index contributed by atoms with van der Waals surface area (Å²) < 4.78 is 6.09. The molecule has 0 amide bonds. The van der Waals surface area contributed by atoms with Gasteiger partial charge in [0.2, 0.25) is 0 Å². The number of para-hydroxylation sites is 1. The van der Waals surface area contributed by atoms with Crippen molar-refractivity contribution in [3.05, 3.63) is 53.6 Å². The summed E-state index contributed by atoms with van der Waals surface area (Å²) in [5.74, 6) is 2.00. The Labute approximate surface area is 124 Å². The second-order valence-electron chi connectivity index (χ2n) is 5.54. The molecule has 3 nitrogen and oxygen atoms in total. The van der Waals surface area contributed by atoms with Crippen LogP contribution in [0.4, 0.5) is 0 Å². The van der Waals surface area contributed by atoms with Gasteiger partial charge in [0.05, 0.1) is 0 Å². The van der Waals surface area contributed by atoms with Crippen molar-refractivity contribution in [2.75, 3.05) is 19.6 Å². The van der Waals surface area contributed by atoms with Crippen LogP contribution in [0.5, 0.6) is 17.2 Å². The average Bonchev–Trinajstić information content (AvgIpc) is 2.89. The minimum Gasteiger partial charge on any atom is -0.508 e. The van der Waals surface area contributed by atoms with Crippen LogP contribution in [0, 0.1) is 0 Å². The normalized spacial score (nSPS) is 16.8. The number of phenols is 1. The summed E-state index contributed by atoms with van der Waals surface area (Å²) >= 11 is 0. The maximum atomic E-state index is 9.85. The number of rotatable bonds is 1. The number of nitrogens with zero attached hydrogens (tertiary/aromatic N) is 1. The van der Waals surface area contributed by atoms with Crippen molar-refractivity contribution in [1.82, 2.24) is 4.90 Å². The van der Waals surface area contributed by atoms with E-state index >= 15 is 0 Å². The Balaban J connectivity index is 1.97. The Bertz CT molecular complexity index is 749. The van der Waals surface area contributed by atoms with E-state index < -0.39 is 0 Å². The smallest absolute Gasteiger partial charge is 0.135 e. The van der Waals surface area contributed by atoms with E-state index in [4.69, 9.17) is 4.74 Å². The van der Waals surface area contributed by atoms with Crippen molar-refractivity contribution in [2.45, 2.75) is 6.92 Å². The van der Waals surface area contributed by atoms with Crippen LogP contribution in [0.2, 0.25) is 0 Å². The molecule has 0 fully saturated rings. The largest absolute Gasteiger partial charge is 0.508 e. The monoisotopic (exact) mass is 279 g/mol. The molecule has 2 aromatic carbocycles. The third-order valence-corrected chi connectivity index (χ3v) is 4.30. The molecule has 0 aliphatic carbocycles. The highest BCUT2D eigenvalue weighted by molar-refractivity contribution is 5.98. The summed E-state index contributed by atoms with van der Waals surface area (Å²) in [6.45, 7) is 5.03. The maximum absolute atomic E-state index is 9.85. The van der Waals surface area contributed by atoms with Gasteiger partial charge in [-0.25, -0.2) is 0 Å².